The Labute approximate surface area is 77.9 Å². The number of rotatable bonds is 4. The molecule has 0 radical (unpaired) electrons. The maximum Gasteiger partial charge on any atom is 0.188 e. The van der Waals surface area contributed by atoms with Crippen LogP contribution in [0.3, 0.4) is 0 Å². The number of benzene rings is 1. The Morgan fingerprint density at radius 2 is 1.92 bits per heavy atom. The molecule has 0 amide bonds. The van der Waals surface area contributed by atoms with Gasteiger partial charge in [0.1, 0.15) is 5.75 Å². The molecule has 0 fully saturated rings. The Hall–Kier alpha value is -1.06. The fourth-order valence-electron chi connectivity index (χ4n) is 0.970. The maximum atomic E-state index is 9.23. The fourth-order valence-corrected chi connectivity index (χ4v) is 0.970. The van der Waals surface area contributed by atoms with Crippen LogP contribution in [0, 0.1) is 0 Å². The molecule has 72 valence electrons. The molecule has 0 bridgehead atoms. The molecule has 3 nitrogen and oxygen atoms in total. The lowest BCUT2D eigenvalue weighted by molar-refractivity contribution is 0.0511. The van der Waals surface area contributed by atoms with Gasteiger partial charge in [0.25, 0.3) is 0 Å². The van der Waals surface area contributed by atoms with Gasteiger partial charge < -0.3 is 14.6 Å². The van der Waals surface area contributed by atoms with Gasteiger partial charge >= 0.3 is 0 Å². The molecule has 1 aromatic carbocycles. The van der Waals surface area contributed by atoms with Crippen molar-refractivity contribution in [1.82, 2.24) is 0 Å². The van der Waals surface area contributed by atoms with Crippen molar-refractivity contribution in [2.45, 2.75) is 13.0 Å². The molecule has 0 unspecified atom stereocenters. The molecular formula is C10H14O3. The van der Waals surface area contributed by atoms with Crippen LogP contribution in [0.1, 0.15) is 18.6 Å². The van der Waals surface area contributed by atoms with Gasteiger partial charge in [0.2, 0.25) is 0 Å². The van der Waals surface area contributed by atoms with E-state index in [-0.39, 0.29) is 6.79 Å². The molecule has 1 rings (SSSR count). The summed E-state index contributed by atoms with van der Waals surface area (Å²) in [4.78, 5) is 0. The highest BCUT2D eigenvalue weighted by Gasteiger charge is 1.99. The molecular weight excluding hydrogens is 168 g/mol. The molecule has 0 heterocycles. The third-order valence-electron chi connectivity index (χ3n) is 1.71. The van der Waals surface area contributed by atoms with E-state index in [1.807, 2.05) is 12.1 Å². The summed E-state index contributed by atoms with van der Waals surface area (Å²) < 4.78 is 9.94. The van der Waals surface area contributed by atoms with Crippen molar-refractivity contribution in [3.63, 3.8) is 0 Å². The molecule has 1 atom stereocenters. The number of hydrogen-bond acceptors (Lipinski definition) is 3. The summed E-state index contributed by atoms with van der Waals surface area (Å²) in [6.07, 6.45) is -0.434. The number of ether oxygens (including phenoxy) is 2. The lowest BCUT2D eigenvalue weighted by Crippen LogP contribution is -1.99. The Morgan fingerprint density at radius 3 is 2.38 bits per heavy atom. The second kappa shape index (κ2) is 4.84. The number of methoxy groups -OCH3 is 1. The van der Waals surface area contributed by atoms with Crippen molar-refractivity contribution in [1.29, 1.82) is 0 Å². The molecule has 1 N–H and O–H groups in total. The summed E-state index contributed by atoms with van der Waals surface area (Å²) in [6, 6.07) is 7.27. The fraction of sp³-hybridized carbons (Fsp3) is 0.400. The number of aliphatic hydroxyl groups excluding tert-OH is 1. The van der Waals surface area contributed by atoms with E-state index in [1.54, 1.807) is 26.2 Å². The minimum absolute atomic E-state index is 0.244. The first kappa shape index (κ1) is 10.0. The van der Waals surface area contributed by atoms with E-state index in [4.69, 9.17) is 9.47 Å². The maximum absolute atomic E-state index is 9.23. The Balaban J connectivity index is 2.59. The van der Waals surface area contributed by atoms with Gasteiger partial charge in [-0.2, -0.15) is 0 Å². The van der Waals surface area contributed by atoms with Gasteiger partial charge in [-0.1, -0.05) is 12.1 Å². The third-order valence-corrected chi connectivity index (χ3v) is 1.71. The summed E-state index contributed by atoms with van der Waals surface area (Å²) in [7, 11) is 1.57. The Morgan fingerprint density at radius 1 is 1.31 bits per heavy atom. The van der Waals surface area contributed by atoms with Crippen LogP contribution in [0.25, 0.3) is 0 Å². The van der Waals surface area contributed by atoms with Crippen molar-refractivity contribution in [2.75, 3.05) is 13.9 Å². The van der Waals surface area contributed by atoms with Crippen molar-refractivity contribution >= 4 is 0 Å². The lowest BCUT2D eigenvalue weighted by atomic mass is 10.1. The largest absolute Gasteiger partial charge is 0.468 e. The highest BCUT2D eigenvalue weighted by Crippen LogP contribution is 2.16. The van der Waals surface area contributed by atoms with E-state index in [9.17, 15) is 5.11 Å². The molecule has 0 aliphatic rings. The van der Waals surface area contributed by atoms with Gasteiger partial charge in [-0.3, -0.25) is 0 Å². The molecule has 0 spiro atoms. The SMILES string of the molecule is COCOc1ccc([C@H](C)O)cc1. The van der Waals surface area contributed by atoms with Crippen LogP contribution in [0.2, 0.25) is 0 Å². The highest BCUT2D eigenvalue weighted by atomic mass is 16.7. The molecule has 0 saturated carbocycles. The minimum Gasteiger partial charge on any atom is -0.468 e. The smallest absolute Gasteiger partial charge is 0.188 e. The summed E-state index contributed by atoms with van der Waals surface area (Å²) >= 11 is 0. The summed E-state index contributed by atoms with van der Waals surface area (Å²) in [5, 5.41) is 9.23. The zero-order chi connectivity index (χ0) is 9.68. The van der Waals surface area contributed by atoms with E-state index in [0.29, 0.717) is 0 Å². The molecule has 0 aliphatic heterocycles. The van der Waals surface area contributed by atoms with Gasteiger partial charge in [0.15, 0.2) is 6.79 Å². The van der Waals surface area contributed by atoms with Crippen molar-refractivity contribution < 1.29 is 14.6 Å². The minimum atomic E-state index is -0.434. The Kier molecular flexibility index (Phi) is 3.73. The molecule has 0 saturated heterocycles. The lowest BCUT2D eigenvalue weighted by Gasteiger charge is -2.07. The summed E-state index contributed by atoms with van der Waals surface area (Å²) in [6.45, 7) is 1.97. The highest BCUT2D eigenvalue weighted by molar-refractivity contribution is 5.28. The first-order chi connectivity index (χ1) is 6.24. The van der Waals surface area contributed by atoms with E-state index in [0.717, 1.165) is 11.3 Å². The van der Waals surface area contributed by atoms with Crippen molar-refractivity contribution in [3.8, 4) is 5.75 Å². The standard InChI is InChI=1S/C10H14O3/c1-8(11)9-3-5-10(6-4-9)13-7-12-2/h3-6,8,11H,7H2,1-2H3/t8-/m0/s1. The topological polar surface area (TPSA) is 38.7 Å². The predicted octanol–water partition coefficient (Wildman–Crippen LogP) is 1.72. The molecule has 13 heavy (non-hydrogen) atoms. The van der Waals surface area contributed by atoms with Crippen LogP contribution < -0.4 is 4.74 Å². The van der Waals surface area contributed by atoms with Gasteiger partial charge in [-0.05, 0) is 24.6 Å². The van der Waals surface area contributed by atoms with Gasteiger partial charge in [0.05, 0.1) is 6.10 Å². The zero-order valence-corrected chi connectivity index (χ0v) is 7.86. The van der Waals surface area contributed by atoms with Gasteiger partial charge in [0, 0.05) is 7.11 Å². The average molecular weight is 182 g/mol. The molecule has 1 aromatic rings. The average Bonchev–Trinajstić information content (AvgIpc) is 2.15. The molecule has 0 aliphatic carbocycles. The van der Waals surface area contributed by atoms with E-state index in [2.05, 4.69) is 0 Å². The van der Waals surface area contributed by atoms with Gasteiger partial charge in [-0.15, -0.1) is 0 Å². The van der Waals surface area contributed by atoms with Crippen LogP contribution in [-0.4, -0.2) is 19.0 Å². The summed E-state index contributed by atoms with van der Waals surface area (Å²) in [5.41, 5.74) is 0.879. The normalized spacial score (nSPS) is 12.5. The Bertz CT molecular complexity index is 241. The van der Waals surface area contributed by atoms with Crippen LogP contribution in [0.15, 0.2) is 24.3 Å². The quantitative estimate of drug-likeness (QED) is 0.720. The van der Waals surface area contributed by atoms with E-state index < -0.39 is 6.10 Å². The molecule has 0 aromatic heterocycles. The summed E-state index contributed by atoms with van der Waals surface area (Å²) in [5.74, 6) is 0.742. The second-order valence-corrected chi connectivity index (χ2v) is 2.80. The predicted molar refractivity (Wildman–Crippen MR) is 49.6 cm³/mol. The zero-order valence-electron chi connectivity index (χ0n) is 7.86. The monoisotopic (exact) mass is 182 g/mol. The van der Waals surface area contributed by atoms with Crippen LogP contribution in [0.4, 0.5) is 0 Å². The van der Waals surface area contributed by atoms with Crippen molar-refractivity contribution in [2.24, 2.45) is 0 Å². The third kappa shape index (κ3) is 3.05. The van der Waals surface area contributed by atoms with E-state index in [1.165, 1.54) is 0 Å². The van der Waals surface area contributed by atoms with Crippen LogP contribution in [-0.2, 0) is 4.74 Å². The second-order valence-electron chi connectivity index (χ2n) is 2.80. The molecule has 3 heteroatoms. The van der Waals surface area contributed by atoms with Crippen LogP contribution >= 0.6 is 0 Å². The first-order valence-electron chi connectivity index (χ1n) is 4.14. The number of aliphatic hydroxyl groups is 1. The van der Waals surface area contributed by atoms with Crippen LogP contribution in [0.5, 0.6) is 5.75 Å². The van der Waals surface area contributed by atoms with Crippen molar-refractivity contribution in [3.05, 3.63) is 29.8 Å². The number of hydrogen-bond donors (Lipinski definition) is 1. The first-order valence-corrected chi connectivity index (χ1v) is 4.14. The van der Waals surface area contributed by atoms with E-state index >= 15 is 0 Å². The van der Waals surface area contributed by atoms with Gasteiger partial charge in [-0.25, -0.2) is 0 Å².